The van der Waals surface area contributed by atoms with Crippen molar-refractivity contribution in [2.24, 2.45) is 0 Å². The summed E-state index contributed by atoms with van der Waals surface area (Å²) < 4.78 is 0. The zero-order valence-corrected chi connectivity index (χ0v) is 12.0. The molecular formula is C13H14ClN3OS. The Labute approximate surface area is 120 Å². The molecule has 1 amide bonds. The normalized spacial score (nSPS) is 10.4. The van der Waals surface area contributed by atoms with Gasteiger partial charge in [-0.15, -0.1) is 11.8 Å². The lowest BCUT2D eigenvalue weighted by Gasteiger charge is -2.05. The number of carbonyl (C=O) groups is 1. The molecule has 0 bridgehead atoms. The fourth-order valence-electron chi connectivity index (χ4n) is 1.57. The molecule has 0 atom stereocenters. The summed E-state index contributed by atoms with van der Waals surface area (Å²) in [6.07, 6.45) is 2.54. The van der Waals surface area contributed by atoms with Gasteiger partial charge in [-0.05, 0) is 18.6 Å². The fraction of sp³-hybridized carbons (Fsp3) is 0.231. The minimum Gasteiger partial charge on any atom is -0.310 e. The molecule has 0 aliphatic rings. The number of hydrogen-bond acceptors (Lipinski definition) is 3. The number of halogens is 1. The van der Waals surface area contributed by atoms with Crippen LogP contribution < -0.4 is 5.32 Å². The largest absolute Gasteiger partial charge is 0.310 e. The maximum absolute atomic E-state index is 11.8. The first-order valence-corrected chi connectivity index (χ1v) is 7.26. The number of anilines is 1. The van der Waals surface area contributed by atoms with Crippen LogP contribution in [0.25, 0.3) is 0 Å². The Morgan fingerprint density at radius 3 is 3.00 bits per heavy atom. The molecule has 2 rings (SSSR count). The smallest absolute Gasteiger partial charge is 0.235 e. The average molecular weight is 296 g/mol. The highest BCUT2D eigenvalue weighted by Crippen LogP contribution is 2.26. The standard InChI is InChI=1S/C13H14ClN3OS/c1-2-9-7-15-17-13(9)16-12(18)8-19-11-6-4-3-5-10(11)14/h3-7H,2,8H2,1H3,(H2,15,16,17,18). The first-order valence-electron chi connectivity index (χ1n) is 5.90. The summed E-state index contributed by atoms with van der Waals surface area (Å²) in [7, 11) is 0. The average Bonchev–Trinajstić information content (AvgIpc) is 2.85. The Hall–Kier alpha value is -1.46. The van der Waals surface area contributed by atoms with E-state index in [9.17, 15) is 4.79 Å². The van der Waals surface area contributed by atoms with Gasteiger partial charge in [-0.3, -0.25) is 9.89 Å². The molecule has 1 aromatic carbocycles. The Balaban J connectivity index is 1.90. The number of aromatic amines is 1. The van der Waals surface area contributed by atoms with E-state index in [1.54, 1.807) is 6.20 Å². The second-order valence-electron chi connectivity index (χ2n) is 3.89. The maximum Gasteiger partial charge on any atom is 0.235 e. The molecule has 0 aliphatic carbocycles. The van der Waals surface area contributed by atoms with Gasteiger partial charge in [0.15, 0.2) is 0 Å². The molecule has 1 aromatic heterocycles. The van der Waals surface area contributed by atoms with Gasteiger partial charge < -0.3 is 5.32 Å². The van der Waals surface area contributed by atoms with E-state index < -0.39 is 0 Å². The van der Waals surface area contributed by atoms with E-state index in [0.29, 0.717) is 16.6 Å². The summed E-state index contributed by atoms with van der Waals surface area (Å²) >= 11 is 7.44. The van der Waals surface area contributed by atoms with Crippen molar-refractivity contribution in [3.05, 3.63) is 41.0 Å². The molecule has 0 aliphatic heterocycles. The monoisotopic (exact) mass is 295 g/mol. The second kappa shape index (κ2) is 6.63. The molecular weight excluding hydrogens is 282 g/mol. The van der Waals surface area contributed by atoms with Crippen LogP contribution in [-0.4, -0.2) is 21.9 Å². The molecule has 4 nitrogen and oxygen atoms in total. The molecule has 0 radical (unpaired) electrons. The molecule has 0 unspecified atom stereocenters. The van der Waals surface area contributed by atoms with Crippen molar-refractivity contribution >= 4 is 35.1 Å². The Kier molecular flexibility index (Phi) is 4.87. The lowest BCUT2D eigenvalue weighted by Crippen LogP contribution is -2.15. The summed E-state index contributed by atoms with van der Waals surface area (Å²) in [5, 5.41) is 10.2. The fourth-order valence-corrected chi connectivity index (χ4v) is 2.61. The highest BCUT2D eigenvalue weighted by Gasteiger charge is 2.09. The minimum absolute atomic E-state index is 0.0798. The lowest BCUT2D eigenvalue weighted by molar-refractivity contribution is -0.113. The first-order chi connectivity index (χ1) is 9.20. The van der Waals surface area contributed by atoms with Crippen molar-refractivity contribution < 1.29 is 4.79 Å². The second-order valence-corrected chi connectivity index (χ2v) is 5.32. The highest BCUT2D eigenvalue weighted by molar-refractivity contribution is 8.00. The van der Waals surface area contributed by atoms with Crippen LogP contribution >= 0.6 is 23.4 Å². The Morgan fingerprint density at radius 2 is 2.26 bits per heavy atom. The number of thioether (sulfide) groups is 1. The van der Waals surface area contributed by atoms with Crippen LogP contribution in [0.5, 0.6) is 0 Å². The van der Waals surface area contributed by atoms with Gasteiger partial charge in [-0.25, -0.2) is 0 Å². The minimum atomic E-state index is -0.0798. The van der Waals surface area contributed by atoms with E-state index in [0.717, 1.165) is 16.9 Å². The molecule has 2 N–H and O–H groups in total. The van der Waals surface area contributed by atoms with Crippen LogP contribution in [0.15, 0.2) is 35.4 Å². The van der Waals surface area contributed by atoms with Gasteiger partial charge in [-0.2, -0.15) is 5.10 Å². The molecule has 0 saturated heterocycles. The van der Waals surface area contributed by atoms with Crippen molar-refractivity contribution in [1.29, 1.82) is 0 Å². The number of nitrogens with zero attached hydrogens (tertiary/aromatic N) is 1. The van der Waals surface area contributed by atoms with E-state index in [1.807, 2.05) is 31.2 Å². The van der Waals surface area contributed by atoms with Crippen LogP contribution in [0.3, 0.4) is 0 Å². The van der Waals surface area contributed by atoms with Crippen molar-refractivity contribution in [3.63, 3.8) is 0 Å². The predicted molar refractivity (Wildman–Crippen MR) is 78.8 cm³/mol. The third-order valence-corrected chi connectivity index (χ3v) is 4.07. The zero-order valence-electron chi connectivity index (χ0n) is 10.4. The quantitative estimate of drug-likeness (QED) is 0.832. The SMILES string of the molecule is CCc1cn[nH]c1NC(=O)CSc1ccccc1Cl. The molecule has 1 heterocycles. The van der Waals surface area contributed by atoms with E-state index in [1.165, 1.54) is 11.8 Å². The summed E-state index contributed by atoms with van der Waals surface area (Å²) in [5.74, 6) is 0.905. The molecule has 0 saturated carbocycles. The van der Waals surface area contributed by atoms with Crippen LogP contribution in [-0.2, 0) is 11.2 Å². The third kappa shape index (κ3) is 3.75. The number of aryl methyl sites for hydroxylation is 1. The summed E-state index contributed by atoms with van der Waals surface area (Å²) in [4.78, 5) is 12.7. The lowest BCUT2D eigenvalue weighted by atomic mass is 10.2. The van der Waals surface area contributed by atoms with Gasteiger partial charge in [0.2, 0.25) is 5.91 Å². The van der Waals surface area contributed by atoms with E-state index in [-0.39, 0.29) is 5.91 Å². The van der Waals surface area contributed by atoms with Gasteiger partial charge in [0.1, 0.15) is 5.82 Å². The molecule has 0 spiro atoms. The van der Waals surface area contributed by atoms with Crippen LogP contribution in [0.4, 0.5) is 5.82 Å². The third-order valence-electron chi connectivity index (χ3n) is 2.56. The molecule has 100 valence electrons. The molecule has 2 aromatic rings. The van der Waals surface area contributed by atoms with Crippen molar-refractivity contribution in [1.82, 2.24) is 10.2 Å². The maximum atomic E-state index is 11.8. The van der Waals surface area contributed by atoms with Gasteiger partial charge in [-0.1, -0.05) is 30.7 Å². The van der Waals surface area contributed by atoms with Gasteiger partial charge in [0, 0.05) is 10.5 Å². The number of nitrogens with one attached hydrogen (secondary N) is 2. The topological polar surface area (TPSA) is 57.8 Å². The predicted octanol–water partition coefficient (Wildman–Crippen LogP) is 3.36. The summed E-state index contributed by atoms with van der Waals surface area (Å²) in [6.45, 7) is 2.01. The van der Waals surface area contributed by atoms with Crippen molar-refractivity contribution in [2.45, 2.75) is 18.2 Å². The van der Waals surface area contributed by atoms with E-state index in [2.05, 4.69) is 15.5 Å². The first kappa shape index (κ1) is 14.0. The number of aromatic nitrogens is 2. The number of benzene rings is 1. The van der Waals surface area contributed by atoms with E-state index in [4.69, 9.17) is 11.6 Å². The number of rotatable bonds is 5. The zero-order chi connectivity index (χ0) is 13.7. The Bertz CT molecular complexity index is 571. The number of H-pyrrole nitrogens is 1. The highest BCUT2D eigenvalue weighted by atomic mass is 35.5. The van der Waals surface area contributed by atoms with Gasteiger partial charge in [0.25, 0.3) is 0 Å². The number of amides is 1. The number of carbonyl (C=O) groups excluding carboxylic acids is 1. The molecule has 0 fully saturated rings. The van der Waals surface area contributed by atoms with E-state index >= 15 is 0 Å². The summed E-state index contributed by atoms with van der Waals surface area (Å²) in [5.41, 5.74) is 0.996. The Morgan fingerprint density at radius 1 is 1.47 bits per heavy atom. The van der Waals surface area contributed by atoms with Gasteiger partial charge in [0.05, 0.1) is 17.0 Å². The van der Waals surface area contributed by atoms with Gasteiger partial charge >= 0.3 is 0 Å². The molecule has 19 heavy (non-hydrogen) atoms. The van der Waals surface area contributed by atoms with Crippen LogP contribution in [0, 0.1) is 0 Å². The van der Waals surface area contributed by atoms with Crippen molar-refractivity contribution in [3.8, 4) is 0 Å². The number of hydrogen-bond donors (Lipinski definition) is 2. The molecule has 6 heteroatoms. The van der Waals surface area contributed by atoms with Crippen LogP contribution in [0.2, 0.25) is 5.02 Å². The van der Waals surface area contributed by atoms with Crippen molar-refractivity contribution in [2.75, 3.05) is 11.1 Å². The van der Waals surface area contributed by atoms with Crippen LogP contribution in [0.1, 0.15) is 12.5 Å². The summed E-state index contributed by atoms with van der Waals surface area (Å²) in [6, 6.07) is 7.47.